The summed E-state index contributed by atoms with van der Waals surface area (Å²) >= 11 is 0. The molecule has 0 bridgehead atoms. The van der Waals surface area contributed by atoms with Gasteiger partial charge in [-0.25, -0.2) is 9.37 Å². The summed E-state index contributed by atoms with van der Waals surface area (Å²) in [6.45, 7) is 0.121. The number of nitrogens with one attached hydrogen (secondary N) is 1. The Balaban J connectivity index is 1.80. The van der Waals surface area contributed by atoms with Gasteiger partial charge in [-0.1, -0.05) is 24.3 Å². The molecule has 3 aromatic rings. The topological polar surface area (TPSA) is 54.4 Å². The summed E-state index contributed by atoms with van der Waals surface area (Å²) in [5.41, 5.74) is 2.54. The third-order valence-corrected chi connectivity index (χ3v) is 3.45. The van der Waals surface area contributed by atoms with Crippen molar-refractivity contribution in [2.24, 2.45) is 0 Å². The average molecular weight is 324 g/mol. The first kappa shape index (κ1) is 16.0. The lowest BCUT2D eigenvalue weighted by Crippen LogP contribution is -1.98. The number of para-hydroxylation sites is 1. The Bertz CT molecular complexity index is 806. The zero-order chi connectivity index (χ0) is 16.8. The smallest absolute Gasteiger partial charge is 0.243 e. The SMILES string of the molecule is OCCc1ccc(Nc2cccnc2Oc2ccccc2F)cc1. The predicted molar refractivity (Wildman–Crippen MR) is 91.2 cm³/mol. The highest BCUT2D eigenvalue weighted by Crippen LogP contribution is 2.30. The van der Waals surface area contributed by atoms with E-state index in [1.165, 1.54) is 6.07 Å². The highest BCUT2D eigenvalue weighted by molar-refractivity contribution is 5.64. The normalized spacial score (nSPS) is 10.4. The van der Waals surface area contributed by atoms with Crippen molar-refractivity contribution >= 4 is 11.4 Å². The largest absolute Gasteiger partial charge is 0.434 e. The lowest BCUT2D eigenvalue weighted by molar-refractivity contribution is 0.299. The summed E-state index contributed by atoms with van der Waals surface area (Å²) in [6, 6.07) is 17.5. The van der Waals surface area contributed by atoms with Crippen LogP contribution in [0, 0.1) is 5.82 Å². The second-order valence-electron chi connectivity index (χ2n) is 5.18. The van der Waals surface area contributed by atoms with Crippen LogP contribution in [-0.2, 0) is 6.42 Å². The van der Waals surface area contributed by atoms with Crippen molar-refractivity contribution in [3.05, 3.63) is 78.2 Å². The molecule has 0 saturated carbocycles. The van der Waals surface area contributed by atoms with Crippen LogP contribution in [0.4, 0.5) is 15.8 Å². The van der Waals surface area contributed by atoms with Gasteiger partial charge in [0.15, 0.2) is 11.6 Å². The molecule has 1 aromatic heterocycles. The van der Waals surface area contributed by atoms with Crippen molar-refractivity contribution in [2.75, 3.05) is 11.9 Å². The van der Waals surface area contributed by atoms with Crippen LogP contribution in [0.2, 0.25) is 0 Å². The average Bonchev–Trinajstić information content (AvgIpc) is 2.60. The highest BCUT2D eigenvalue weighted by atomic mass is 19.1. The number of aliphatic hydroxyl groups is 1. The van der Waals surface area contributed by atoms with Gasteiger partial charge in [-0.2, -0.15) is 0 Å². The molecular formula is C19H17FN2O2. The highest BCUT2D eigenvalue weighted by Gasteiger charge is 2.09. The van der Waals surface area contributed by atoms with Crippen molar-refractivity contribution in [3.8, 4) is 11.6 Å². The lowest BCUT2D eigenvalue weighted by atomic mass is 10.1. The first-order chi connectivity index (χ1) is 11.8. The third-order valence-electron chi connectivity index (χ3n) is 3.45. The zero-order valence-electron chi connectivity index (χ0n) is 12.9. The van der Waals surface area contributed by atoms with Gasteiger partial charge in [0.2, 0.25) is 5.88 Å². The van der Waals surface area contributed by atoms with Crippen LogP contribution in [-0.4, -0.2) is 16.7 Å². The van der Waals surface area contributed by atoms with E-state index in [4.69, 9.17) is 9.84 Å². The maximum absolute atomic E-state index is 13.8. The molecule has 2 aromatic carbocycles. The fraction of sp³-hybridized carbons (Fsp3) is 0.105. The number of hydrogen-bond acceptors (Lipinski definition) is 4. The van der Waals surface area contributed by atoms with Crippen LogP contribution in [0.3, 0.4) is 0 Å². The fourth-order valence-electron chi connectivity index (χ4n) is 2.24. The lowest BCUT2D eigenvalue weighted by Gasteiger charge is -2.12. The number of rotatable bonds is 6. The Labute approximate surface area is 139 Å². The molecular weight excluding hydrogens is 307 g/mol. The fourth-order valence-corrected chi connectivity index (χ4v) is 2.24. The van der Waals surface area contributed by atoms with E-state index in [-0.39, 0.29) is 12.4 Å². The summed E-state index contributed by atoms with van der Waals surface area (Å²) in [5.74, 6) is -0.0259. The van der Waals surface area contributed by atoms with E-state index in [2.05, 4.69) is 10.3 Å². The van der Waals surface area contributed by atoms with E-state index in [1.807, 2.05) is 30.3 Å². The van der Waals surface area contributed by atoms with Crippen molar-refractivity contribution in [3.63, 3.8) is 0 Å². The summed E-state index contributed by atoms with van der Waals surface area (Å²) in [7, 11) is 0. The van der Waals surface area contributed by atoms with E-state index >= 15 is 0 Å². The molecule has 122 valence electrons. The molecule has 4 nitrogen and oxygen atoms in total. The Morgan fingerprint density at radius 1 is 1.00 bits per heavy atom. The number of ether oxygens (including phenoxy) is 1. The standard InChI is InChI=1S/C19H17FN2O2/c20-16-4-1-2-6-18(16)24-19-17(5-3-12-21-19)22-15-9-7-14(8-10-15)11-13-23/h1-10,12,22-23H,11,13H2. The summed E-state index contributed by atoms with van der Waals surface area (Å²) < 4.78 is 19.4. The molecule has 1 heterocycles. The number of anilines is 2. The summed E-state index contributed by atoms with van der Waals surface area (Å²) in [6.07, 6.45) is 2.21. The molecule has 0 saturated heterocycles. The Kier molecular flexibility index (Phi) is 5.03. The van der Waals surface area contributed by atoms with Crippen LogP contribution >= 0.6 is 0 Å². The number of hydrogen-bond donors (Lipinski definition) is 2. The Morgan fingerprint density at radius 3 is 2.54 bits per heavy atom. The molecule has 5 heteroatoms. The van der Waals surface area contributed by atoms with Gasteiger partial charge in [-0.3, -0.25) is 0 Å². The number of halogens is 1. The summed E-state index contributed by atoms with van der Waals surface area (Å²) in [5, 5.41) is 12.2. The minimum Gasteiger partial charge on any atom is -0.434 e. The maximum Gasteiger partial charge on any atom is 0.243 e. The van der Waals surface area contributed by atoms with Crippen LogP contribution < -0.4 is 10.1 Å². The first-order valence-corrected chi connectivity index (χ1v) is 7.60. The van der Waals surface area contributed by atoms with Gasteiger partial charge in [0.1, 0.15) is 5.69 Å². The second kappa shape index (κ2) is 7.57. The molecule has 2 N–H and O–H groups in total. The van der Waals surface area contributed by atoms with E-state index in [9.17, 15) is 4.39 Å². The van der Waals surface area contributed by atoms with Crippen LogP contribution in [0.15, 0.2) is 66.9 Å². The molecule has 0 radical (unpaired) electrons. The second-order valence-corrected chi connectivity index (χ2v) is 5.18. The maximum atomic E-state index is 13.8. The minimum absolute atomic E-state index is 0.121. The summed E-state index contributed by atoms with van der Waals surface area (Å²) in [4.78, 5) is 4.17. The molecule has 0 spiro atoms. The van der Waals surface area contributed by atoms with Crippen molar-refractivity contribution in [2.45, 2.75) is 6.42 Å². The molecule has 0 amide bonds. The van der Waals surface area contributed by atoms with Crippen molar-refractivity contribution < 1.29 is 14.2 Å². The quantitative estimate of drug-likeness (QED) is 0.710. The number of nitrogens with zero attached hydrogens (tertiary/aromatic N) is 1. The van der Waals surface area contributed by atoms with Gasteiger partial charge in [0, 0.05) is 18.5 Å². The zero-order valence-corrected chi connectivity index (χ0v) is 12.9. The van der Waals surface area contributed by atoms with Crippen molar-refractivity contribution in [1.82, 2.24) is 4.98 Å². The minimum atomic E-state index is -0.442. The predicted octanol–water partition coefficient (Wildman–Crippen LogP) is 4.29. The molecule has 0 unspecified atom stereocenters. The van der Waals surface area contributed by atoms with Gasteiger partial charge in [0.05, 0.1) is 0 Å². The molecule has 0 atom stereocenters. The van der Waals surface area contributed by atoms with Gasteiger partial charge in [-0.05, 0) is 48.4 Å². The Morgan fingerprint density at radius 2 is 1.79 bits per heavy atom. The van der Waals surface area contributed by atoms with Gasteiger partial charge in [-0.15, -0.1) is 0 Å². The number of pyridine rings is 1. The van der Waals surface area contributed by atoms with Gasteiger partial charge in [0.25, 0.3) is 0 Å². The monoisotopic (exact) mass is 324 g/mol. The van der Waals surface area contributed by atoms with Crippen LogP contribution in [0.5, 0.6) is 11.6 Å². The van der Waals surface area contributed by atoms with Gasteiger partial charge < -0.3 is 15.2 Å². The first-order valence-electron chi connectivity index (χ1n) is 7.60. The molecule has 0 aliphatic carbocycles. The number of aromatic nitrogens is 1. The van der Waals surface area contributed by atoms with Crippen LogP contribution in [0.1, 0.15) is 5.56 Å². The molecule has 3 rings (SSSR count). The Hall–Kier alpha value is -2.92. The third kappa shape index (κ3) is 3.88. The molecule has 0 aliphatic heterocycles. The number of aliphatic hydroxyl groups excluding tert-OH is 1. The van der Waals surface area contributed by atoms with E-state index in [1.54, 1.807) is 30.5 Å². The number of benzene rings is 2. The molecule has 0 aliphatic rings. The molecule has 0 fully saturated rings. The van der Waals surface area contributed by atoms with E-state index in [0.717, 1.165) is 11.3 Å². The van der Waals surface area contributed by atoms with Gasteiger partial charge >= 0.3 is 0 Å². The molecule has 24 heavy (non-hydrogen) atoms. The van der Waals surface area contributed by atoms with Crippen LogP contribution in [0.25, 0.3) is 0 Å². The van der Waals surface area contributed by atoms with Crippen molar-refractivity contribution in [1.29, 1.82) is 0 Å². The van der Waals surface area contributed by atoms with E-state index in [0.29, 0.717) is 18.0 Å². The van der Waals surface area contributed by atoms with E-state index < -0.39 is 5.82 Å².